The predicted octanol–water partition coefficient (Wildman–Crippen LogP) is 3.77. The van der Waals surface area contributed by atoms with Crippen LogP contribution in [-0.2, 0) is 0 Å². The van der Waals surface area contributed by atoms with Crippen molar-refractivity contribution in [2.75, 3.05) is 23.0 Å². The molecule has 13 heavy (non-hydrogen) atoms. The highest BCUT2D eigenvalue weighted by atomic mass is 32.2. The normalized spacial score (nSPS) is 30.9. The molecule has 2 fully saturated rings. The lowest BCUT2D eigenvalue weighted by Gasteiger charge is -2.31. The molecule has 2 aliphatic rings. The Morgan fingerprint density at radius 2 is 1.08 bits per heavy atom. The fourth-order valence-corrected chi connectivity index (χ4v) is 8.56. The average Bonchev–Trinajstić information content (AvgIpc) is 2.60. The van der Waals surface area contributed by atoms with Crippen LogP contribution in [0.3, 0.4) is 0 Å². The first-order valence-electron chi connectivity index (χ1n) is 4.68. The first kappa shape index (κ1) is 10.9. The third-order valence-corrected chi connectivity index (χ3v) is 9.02. The number of rotatable bonds is 2. The van der Waals surface area contributed by atoms with Crippen molar-refractivity contribution < 1.29 is 0 Å². The molecule has 4 heteroatoms. The van der Waals surface area contributed by atoms with E-state index in [2.05, 4.69) is 60.9 Å². The molecule has 0 spiro atoms. The Morgan fingerprint density at radius 3 is 1.38 bits per heavy atom. The van der Waals surface area contributed by atoms with Gasteiger partial charge >= 0.3 is 0 Å². The van der Waals surface area contributed by atoms with Crippen molar-refractivity contribution in [3.8, 4) is 0 Å². The highest BCUT2D eigenvalue weighted by Crippen LogP contribution is 2.56. The molecule has 0 saturated carbocycles. The van der Waals surface area contributed by atoms with Gasteiger partial charge in [0.15, 0.2) is 0 Å². The molecule has 0 N–H and O–H groups in total. The van der Waals surface area contributed by atoms with E-state index in [-0.39, 0.29) is 0 Å². The third kappa shape index (κ3) is 2.70. The van der Waals surface area contributed by atoms with Gasteiger partial charge in [-0.2, -0.15) is 0 Å². The van der Waals surface area contributed by atoms with E-state index in [1.54, 1.807) is 0 Å². The van der Waals surface area contributed by atoms with Crippen LogP contribution in [-0.4, -0.2) is 31.2 Å². The Kier molecular flexibility index (Phi) is 3.44. The maximum absolute atomic E-state index is 2.43. The van der Waals surface area contributed by atoms with Gasteiger partial charge in [0.25, 0.3) is 0 Å². The smallest absolute Gasteiger partial charge is 0.0604 e. The number of thioether (sulfide) groups is 4. The van der Waals surface area contributed by atoms with Crippen LogP contribution < -0.4 is 0 Å². The zero-order chi connectivity index (χ0) is 9.36. The van der Waals surface area contributed by atoms with Crippen molar-refractivity contribution in [2.45, 2.75) is 28.4 Å². The molecular formula is C9H16S4. The van der Waals surface area contributed by atoms with E-state index >= 15 is 0 Å². The average molecular weight is 252 g/mol. The van der Waals surface area contributed by atoms with Gasteiger partial charge in [0.1, 0.15) is 0 Å². The topological polar surface area (TPSA) is 0 Å². The Bertz CT molecular complexity index is 160. The van der Waals surface area contributed by atoms with E-state index in [4.69, 9.17) is 0 Å². The van der Waals surface area contributed by atoms with Crippen LogP contribution in [0.4, 0.5) is 0 Å². The summed E-state index contributed by atoms with van der Waals surface area (Å²) in [5.41, 5.74) is 0. The minimum absolute atomic E-state index is 0.513. The zero-order valence-corrected chi connectivity index (χ0v) is 11.4. The second-order valence-electron chi connectivity index (χ2n) is 3.84. The van der Waals surface area contributed by atoms with E-state index in [9.17, 15) is 0 Å². The first-order chi connectivity index (χ1) is 6.12. The van der Waals surface area contributed by atoms with Crippen molar-refractivity contribution in [1.29, 1.82) is 0 Å². The van der Waals surface area contributed by atoms with Gasteiger partial charge in [-0.1, -0.05) is 0 Å². The lowest BCUT2D eigenvalue weighted by Crippen LogP contribution is -2.24. The van der Waals surface area contributed by atoms with Crippen LogP contribution in [0.15, 0.2) is 0 Å². The molecule has 2 heterocycles. The third-order valence-electron chi connectivity index (χ3n) is 2.44. The zero-order valence-electron chi connectivity index (χ0n) is 8.17. The van der Waals surface area contributed by atoms with E-state index in [1.165, 1.54) is 29.4 Å². The summed E-state index contributed by atoms with van der Waals surface area (Å²) < 4.78 is 1.03. The molecule has 0 aliphatic carbocycles. The summed E-state index contributed by atoms with van der Waals surface area (Å²) in [6.45, 7) is 4.86. The summed E-state index contributed by atoms with van der Waals surface area (Å²) >= 11 is 8.67. The monoisotopic (exact) mass is 252 g/mol. The fourth-order valence-electron chi connectivity index (χ4n) is 1.90. The Hall–Kier alpha value is 1.40. The molecule has 0 nitrogen and oxygen atoms in total. The maximum atomic E-state index is 2.43. The van der Waals surface area contributed by atoms with Crippen molar-refractivity contribution in [2.24, 2.45) is 0 Å². The van der Waals surface area contributed by atoms with Crippen molar-refractivity contribution >= 4 is 47.0 Å². The van der Waals surface area contributed by atoms with Gasteiger partial charge in [-0.3, -0.25) is 0 Å². The molecule has 0 atom stereocenters. The minimum atomic E-state index is 0.513. The Morgan fingerprint density at radius 1 is 0.769 bits per heavy atom. The van der Waals surface area contributed by atoms with Crippen molar-refractivity contribution in [1.82, 2.24) is 0 Å². The molecule has 2 rings (SSSR count). The summed E-state index contributed by atoms with van der Waals surface area (Å²) in [5.74, 6) is 5.42. The quantitative estimate of drug-likeness (QED) is 0.733. The summed E-state index contributed by atoms with van der Waals surface area (Å²) in [7, 11) is 0. The summed E-state index contributed by atoms with van der Waals surface area (Å²) in [6, 6.07) is 0. The van der Waals surface area contributed by atoms with Gasteiger partial charge in [-0.15, -0.1) is 47.0 Å². The van der Waals surface area contributed by atoms with Crippen LogP contribution >= 0.6 is 47.0 Å². The lowest BCUT2D eigenvalue weighted by molar-refractivity contribution is 0.732. The van der Waals surface area contributed by atoms with Crippen molar-refractivity contribution in [3.05, 3.63) is 0 Å². The molecular weight excluding hydrogens is 236 g/mol. The van der Waals surface area contributed by atoms with Gasteiger partial charge in [-0.05, 0) is 20.3 Å². The largest absolute Gasteiger partial charge is 0.144 e. The van der Waals surface area contributed by atoms with E-state index in [0.717, 1.165) is 0 Å². The van der Waals surface area contributed by atoms with Crippen LogP contribution in [0.2, 0.25) is 0 Å². The van der Waals surface area contributed by atoms with Crippen LogP contribution in [0, 0.1) is 0 Å². The van der Waals surface area contributed by atoms with Crippen LogP contribution in [0.5, 0.6) is 0 Å². The molecule has 0 aromatic heterocycles. The van der Waals surface area contributed by atoms with Gasteiger partial charge in [-0.25, -0.2) is 0 Å². The molecule has 2 aliphatic heterocycles. The fraction of sp³-hybridized carbons (Fsp3) is 1.00. The Balaban J connectivity index is 1.95. The summed E-state index contributed by atoms with van der Waals surface area (Å²) in [5, 5.41) is 0. The molecule has 0 amide bonds. The molecule has 0 radical (unpaired) electrons. The molecule has 2 saturated heterocycles. The minimum Gasteiger partial charge on any atom is -0.144 e. The molecule has 0 aromatic carbocycles. The van der Waals surface area contributed by atoms with Gasteiger partial charge in [0.05, 0.1) is 8.16 Å². The Labute approximate surface area is 98.1 Å². The molecule has 0 aromatic rings. The van der Waals surface area contributed by atoms with Crippen LogP contribution in [0.1, 0.15) is 20.3 Å². The summed E-state index contributed by atoms with van der Waals surface area (Å²) in [4.78, 5) is 0. The second kappa shape index (κ2) is 4.11. The van der Waals surface area contributed by atoms with E-state index < -0.39 is 0 Å². The van der Waals surface area contributed by atoms with E-state index in [0.29, 0.717) is 8.16 Å². The predicted molar refractivity (Wildman–Crippen MR) is 71.3 cm³/mol. The number of hydrogen-bond acceptors (Lipinski definition) is 4. The standard InChI is InChI=1S/C9H16S4/c1-8(10-3-4-11-8)7-9(2)12-5-6-13-9/h3-7H2,1-2H3. The second-order valence-corrected chi connectivity index (χ2v) is 10.7. The van der Waals surface area contributed by atoms with Gasteiger partial charge < -0.3 is 0 Å². The molecule has 76 valence electrons. The number of hydrogen-bond donors (Lipinski definition) is 0. The van der Waals surface area contributed by atoms with E-state index in [1.807, 2.05) is 0 Å². The lowest BCUT2D eigenvalue weighted by atomic mass is 10.2. The van der Waals surface area contributed by atoms with Crippen LogP contribution in [0.25, 0.3) is 0 Å². The van der Waals surface area contributed by atoms with Gasteiger partial charge in [0.2, 0.25) is 0 Å². The SMILES string of the molecule is CC1(CC2(C)SCCS2)SCCS1. The first-order valence-corrected chi connectivity index (χ1v) is 8.62. The maximum Gasteiger partial charge on any atom is 0.0604 e. The highest BCUT2D eigenvalue weighted by molar-refractivity contribution is 8.22. The molecule has 0 bridgehead atoms. The summed E-state index contributed by atoms with van der Waals surface area (Å²) in [6.07, 6.45) is 1.37. The highest BCUT2D eigenvalue weighted by Gasteiger charge is 2.41. The molecule has 0 unspecified atom stereocenters. The van der Waals surface area contributed by atoms with Crippen molar-refractivity contribution in [3.63, 3.8) is 0 Å². The van der Waals surface area contributed by atoms with Gasteiger partial charge in [0, 0.05) is 23.0 Å².